The maximum Gasteiger partial charge on any atom is 0.350 e. The van der Waals surface area contributed by atoms with E-state index in [0.717, 1.165) is 0 Å². The molecule has 0 saturated carbocycles. The number of rotatable bonds is 7. The van der Waals surface area contributed by atoms with E-state index in [1.807, 2.05) is 0 Å². The standard InChI is InChI=1S/C20H21ClO5/c1-13(22)14-5-10-18(24-4)15(11-14)12-25-19(23)20(2,3)26-17-8-6-16(21)7-9-17/h5-11H,12H2,1-4H3. The van der Waals surface area contributed by atoms with Gasteiger partial charge in [-0.25, -0.2) is 4.79 Å². The predicted octanol–water partition coefficient (Wildman–Crippen LogP) is 4.45. The first-order valence-corrected chi connectivity index (χ1v) is 8.40. The zero-order chi connectivity index (χ0) is 19.3. The molecule has 0 unspecified atom stereocenters. The van der Waals surface area contributed by atoms with E-state index in [9.17, 15) is 9.59 Å². The number of carbonyl (C=O) groups excluding carboxylic acids is 2. The van der Waals surface area contributed by atoms with Crippen LogP contribution in [0, 0.1) is 0 Å². The summed E-state index contributed by atoms with van der Waals surface area (Å²) in [5.41, 5.74) is -0.0661. The molecule has 0 aliphatic carbocycles. The molecular formula is C20H21ClO5. The number of ketones is 1. The Morgan fingerprint density at radius 3 is 2.31 bits per heavy atom. The van der Waals surface area contributed by atoms with Gasteiger partial charge in [0.1, 0.15) is 18.1 Å². The van der Waals surface area contributed by atoms with Gasteiger partial charge >= 0.3 is 5.97 Å². The molecule has 0 aromatic heterocycles. The highest BCUT2D eigenvalue weighted by atomic mass is 35.5. The molecule has 2 aromatic carbocycles. The smallest absolute Gasteiger partial charge is 0.350 e. The molecule has 138 valence electrons. The molecule has 5 nitrogen and oxygen atoms in total. The van der Waals surface area contributed by atoms with Crippen molar-refractivity contribution in [3.05, 3.63) is 58.6 Å². The minimum Gasteiger partial charge on any atom is -0.496 e. The van der Waals surface area contributed by atoms with Crippen LogP contribution in [-0.2, 0) is 16.1 Å². The molecule has 0 aliphatic rings. The molecule has 2 aromatic rings. The summed E-state index contributed by atoms with van der Waals surface area (Å²) in [7, 11) is 1.52. The van der Waals surface area contributed by atoms with Gasteiger partial charge in [-0.3, -0.25) is 4.79 Å². The molecule has 0 heterocycles. The van der Waals surface area contributed by atoms with Crippen molar-refractivity contribution in [1.82, 2.24) is 0 Å². The van der Waals surface area contributed by atoms with Gasteiger partial charge in [-0.1, -0.05) is 11.6 Å². The van der Waals surface area contributed by atoms with Gasteiger partial charge < -0.3 is 14.2 Å². The molecule has 26 heavy (non-hydrogen) atoms. The molecule has 0 atom stereocenters. The van der Waals surface area contributed by atoms with Crippen LogP contribution in [0.4, 0.5) is 0 Å². The summed E-state index contributed by atoms with van der Waals surface area (Å²) in [5, 5.41) is 0.579. The maximum atomic E-state index is 12.4. The molecule has 0 fully saturated rings. The van der Waals surface area contributed by atoms with E-state index in [1.165, 1.54) is 14.0 Å². The molecule has 0 radical (unpaired) electrons. The van der Waals surface area contributed by atoms with Crippen molar-refractivity contribution in [1.29, 1.82) is 0 Å². The molecule has 0 aliphatic heterocycles. The lowest BCUT2D eigenvalue weighted by molar-refractivity contribution is -0.160. The normalized spacial score (nSPS) is 11.0. The second-order valence-electron chi connectivity index (χ2n) is 6.23. The van der Waals surface area contributed by atoms with Crippen molar-refractivity contribution >= 4 is 23.4 Å². The lowest BCUT2D eigenvalue weighted by atomic mass is 10.1. The van der Waals surface area contributed by atoms with E-state index in [0.29, 0.717) is 27.6 Å². The number of esters is 1. The molecule has 0 bridgehead atoms. The van der Waals surface area contributed by atoms with Crippen LogP contribution in [0.2, 0.25) is 5.02 Å². The lowest BCUT2D eigenvalue weighted by Gasteiger charge is -2.24. The Balaban J connectivity index is 2.08. The van der Waals surface area contributed by atoms with Crippen LogP contribution in [0.25, 0.3) is 0 Å². The number of benzene rings is 2. The average Bonchev–Trinajstić information content (AvgIpc) is 2.61. The van der Waals surface area contributed by atoms with Crippen molar-refractivity contribution < 1.29 is 23.8 Å². The fourth-order valence-electron chi connectivity index (χ4n) is 2.27. The number of methoxy groups -OCH3 is 1. The first-order chi connectivity index (χ1) is 12.2. The van der Waals surface area contributed by atoms with Crippen molar-refractivity contribution in [3.63, 3.8) is 0 Å². The number of hydrogen-bond donors (Lipinski definition) is 0. The summed E-state index contributed by atoms with van der Waals surface area (Å²) in [6.07, 6.45) is 0. The fourth-order valence-corrected chi connectivity index (χ4v) is 2.39. The largest absolute Gasteiger partial charge is 0.496 e. The van der Waals surface area contributed by atoms with Gasteiger partial charge in [-0.2, -0.15) is 0 Å². The van der Waals surface area contributed by atoms with Gasteiger partial charge in [0.25, 0.3) is 0 Å². The van der Waals surface area contributed by atoms with Crippen LogP contribution >= 0.6 is 11.6 Å². The number of Topliss-reactive ketones (excluding diaryl/α,β-unsaturated/α-hetero) is 1. The van der Waals surface area contributed by atoms with E-state index < -0.39 is 11.6 Å². The summed E-state index contributed by atoms with van der Waals surface area (Å²) in [4.78, 5) is 24.0. The second kappa shape index (κ2) is 8.23. The first kappa shape index (κ1) is 19.8. The SMILES string of the molecule is COc1ccc(C(C)=O)cc1COC(=O)C(C)(C)Oc1ccc(Cl)cc1. The van der Waals surface area contributed by atoms with Gasteiger partial charge in [-0.15, -0.1) is 0 Å². The number of halogens is 1. The van der Waals surface area contributed by atoms with E-state index >= 15 is 0 Å². The van der Waals surface area contributed by atoms with Crippen LogP contribution in [-0.4, -0.2) is 24.5 Å². The van der Waals surface area contributed by atoms with Crippen LogP contribution in [0.15, 0.2) is 42.5 Å². The third-order valence-electron chi connectivity index (χ3n) is 3.72. The highest BCUT2D eigenvalue weighted by Gasteiger charge is 2.32. The number of carbonyl (C=O) groups is 2. The van der Waals surface area contributed by atoms with Crippen molar-refractivity contribution in [3.8, 4) is 11.5 Å². The fraction of sp³-hybridized carbons (Fsp3) is 0.300. The summed E-state index contributed by atoms with van der Waals surface area (Å²) in [6.45, 7) is 4.68. The summed E-state index contributed by atoms with van der Waals surface area (Å²) < 4.78 is 16.4. The summed E-state index contributed by atoms with van der Waals surface area (Å²) in [6, 6.07) is 11.7. The van der Waals surface area contributed by atoms with E-state index in [4.69, 9.17) is 25.8 Å². The van der Waals surface area contributed by atoms with Gasteiger partial charge in [0, 0.05) is 16.1 Å². The third kappa shape index (κ3) is 4.99. The lowest BCUT2D eigenvalue weighted by Crippen LogP contribution is -2.39. The highest BCUT2D eigenvalue weighted by Crippen LogP contribution is 2.24. The average molecular weight is 377 g/mol. The Bertz CT molecular complexity index is 796. The Kier molecular flexibility index (Phi) is 6.27. The quantitative estimate of drug-likeness (QED) is 0.527. The van der Waals surface area contributed by atoms with Gasteiger partial charge in [0.2, 0.25) is 0 Å². The zero-order valence-electron chi connectivity index (χ0n) is 15.2. The predicted molar refractivity (Wildman–Crippen MR) is 99.0 cm³/mol. The van der Waals surface area contributed by atoms with E-state index in [-0.39, 0.29) is 12.4 Å². The Hall–Kier alpha value is -2.53. The Morgan fingerprint density at radius 1 is 1.08 bits per heavy atom. The highest BCUT2D eigenvalue weighted by molar-refractivity contribution is 6.30. The minimum absolute atomic E-state index is 0.0312. The molecule has 0 spiro atoms. The number of hydrogen-bond acceptors (Lipinski definition) is 5. The van der Waals surface area contributed by atoms with Crippen LogP contribution in [0.3, 0.4) is 0 Å². The molecular weight excluding hydrogens is 356 g/mol. The topological polar surface area (TPSA) is 61.8 Å². The van der Waals surface area contributed by atoms with Crippen molar-refractivity contribution in [2.45, 2.75) is 33.0 Å². The Labute approximate surface area is 157 Å². The van der Waals surface area contributed by atoms with Gasteiger partial charge in [0.15, 0.2) is 11.4 Å². The van der Waals surface area contributed by atoms with Crippen LogP contribution < -0.4 is 9.47 Å². The summed E-state index contributed by atoms with van der Waals surface area (Å²) >= 11 is 5.84. The monoisotopic (exact) mass is 376 g/mol. The van der Waals surface area contributed by atoms with Gasteiger partial charge in [-0.05, 0) is 63.2 Å². The minimum atomic E-state index is -1.20. The van der Waals surface area contributed by atoms with Gasteiger partial charge in [0.05, 0.1) is 7.11 Å². The van der Waals surface area contributed by atoms with Crippen molar-refractivity contribution in [2.24, 2.45) is 0 Å². The van der Waals surface area contributed by atoms with E-state index in [1.54, 1.807) is 56.3 Å². The van der Waals surface area contributed by atoms with Crippen LogP contribution in [0.5, 0.6) is 11.5 Å². The second-order valence-corrected chi connectivity index (χ2v) is 6.66. The molecule has 6 heteroatoms. The van der Waals surface area contributed by atoms with Crippen molar-refractivity contribution in [2.75, 3.05) is 7.11 Å². The Morgan fingerprint density at radius 2 is 1.73 bits per heavy atom. The molecule has 2 rings (SSSR count). The molecule has 0 saturated heterocycles. The molecule has 0 amide bonds. The first-order valence-electron chi connectivity index (χ1n) is 8.02. The maximum absolute atomic E-state index is 12.4. The molecule has 0 N–H and O–H groups in total. The zero-order valence-corrected chi connectivity index (χ0v) is 15.9. The van der Waals surface area contributed by atoms with Crippen LogP contribution in [0.1, 0.15) is 36.7 Å². The third-order valence-corrected chi connectivity index (χ3v) is 3.98. The number of ether oxygens (including phenoxy) is 3. The summed E-state index contributed by atoms with van der Waals surface area (Å²) in [5.74, 6) is 0.432. The van der Waals surface area contributed by atoms with E-state index in [2.05, 4.69) is 0 Å².